The molecule has 1 aliphatic carbocycles. The van der Waals surface area contributed by atoms with Gasteiger partial charge in [-0.1, -0.05) is 18.2 Å². The second kappa shape index (κ2) is 9.06. The van der Waals surface area contributed by atoms with Gasteiger partial charge in [-0.15, -0.1) is 12.4 Å². The molecule has 0 atom stereocenters. The van der Waals surface area contributed by atoms with Crippen molar-refractivity contribution in [3.8, 4) is 17.1 Å². The number of amides is 1. The van der Waals surface area contributed by atoms with Crippen LogP contribution in [0.5, 0.6) is 0 Å². The summed E-state index contributed by atoms with van der Waals surface area (Å²) >= 11 is 0. The van der Waals surface area contributed by atoms with Crippen molar-refractivity contribution in [2.45, 2.75) is 31.7 Å². The topological polar surface area (TPSA) is 63.3 Å². The Bertz CT molecular complexity index is 959. The van der Waals surface area contributed by atoms with Crippen LogP contribution in [0.4, 0.5) is 0 Å². The van der Waals surface area contributed by atoms with Crippen LogP contribution in [-0.4, -0.2) is 46.3 Å². The van der Waals surface area contributed by atoms with Crippen molar-refractivity contribution >= 4 is 18.3 Å². The van der Waals surface area contributed by atoms with Gasteiger partial charge in [0.15, 0.2) is 5.76 Å². The highest BCUT2D eigenvalue weighted by molar-refractivity contribution is 5.94. The van der Waals surface area contributed by atoms with Gasteiger partial charge in [-0.05, 0) is 62.4 Å². The largest absolute Gasteiger partial charge is 0.463 e. The Morgan fingerprint density at radius 2 is 1.83 bits per heavy atom. The summed E-state index contributed by atoms with van der Waals surface area (Å²) in [7, 11) is 0. The summed E-state index contributed by atoms with van der Waals surface area (Å²) in [5.74, 6) is 1.58. The third-order valence-corrected chi connectivity index (χ3v) is 5.88. The zero-order chi connectivity index (χ0) is 19.6. The minimum atomic E-state index is 0. The molecule has 3 heterocycles. The summed E-state index contributed by atoms with van der Waals surface area (Å²) in [6, 6.07) is 15.8. The van der Waals surface area contributed by atoms with Crippen molar-refractivity contribution in [3.05, 3.63) is 60.5 Å². The number of halogens is 1. The zero-order valence-corrected chi connectivity index (χ0v) is 17.7. The Morgan fingerprint density at radius 3 is 2.50 bits per heavy atom. The number of hydrogen-bond donors (Lipinski definition) is 1. The van der Waals surface area contributed by atoms with E-state index in [-0.39, 0.29) is 18.3 Å². The van der Waals surface area contributed by atoms with Gasteiger partial charge < -0.3 is 14.6 Å². The van der Waals surface area contributed by atoms with E-state index in [4.69, 9.17) is 4.42 Å². The minimum Gasteiger partial charge on any atom is -0.463 e. The first kappa shape index (κ1) is 20.7. The number of para-hydroxylation sites is 1. The molecule has 2 fully saturated rings. The normalized spacial score (nSPS) is 17.0. The van der Waals surface area contributed by atoms with Crippen LogP contribution in [0.3, 0.4) is 0 Å². The van der Waals surface area contributed by atoms with Crippen LogP contribution in [0.2, 0.25) is 0 Å². The number of carbonyl (C=O) groups is 1. The van der Waals surface area contributed by atoms with Gasteiger partial charge >= 0.3 is 0 Å². The van der Waals surface area contributed by atoms with Crippen LogP contribution >= 0.6 is 12.4 Å². The van der Waals surface area contributed by atoms with E-state index in [1.165, 1.54) is 12.8 Å². The van der Waals surface area contributed by atoms with Crippen LogP contribution in [0, 0.1) is 5.92 Å². The van der Waals surface area contributed by atoms with Crippen molar-refractivity contribution in [3.63, 3.8) is 0 Å². The number of nitrogens with zero attached hydrogens (tertiary/aromatic N) is 3. The molecule has 30 heavy (non-hydrogen) atoms. The summed E-state index contributed by atoms with van der Waals surface area (Å²) in [5, 5.41) is 8.35. The van der Waals surface area contributed by atoms with Gasteiger partial charge in [-0.3, -0.25) is 4.79 Å². The number of hydrogen-bond acceptors (Lipinski definition) is 4. The molecular formula is C23H27ClN4O2. The van der Waals surface area contributed by atoms with Gasteiger partial charge in [0.25, 0.3) is 5.91 Å². The number of furan rings is 1. The van der Waals surface area contributed by atoms with Crippen molar-refractivity contribution < 1.29 is 9.21 Å². The number of nitrogens with one attached hydrogen (secondary N) is 1. The van der Waals surface area contributed by atoms with E-state index < -0.39 is 0 Å². The van der Waals surface area contributed by atoms with E-state index >= 15 is 0 Å². The monoisotopic (exact) mass is 426 g/mol. The van der Waals surface area contributed by atoms with Crippen molar-refractivity contribution in [1.29, 1.82) is 0 Å². The molecule has 1 saturated heterocycles. The van der Waals surface area contributed by atoms with Crippen molar-refractivity contribution in [1.82, 2.24) is 20.0 Å². The zero-order valence-electron chi connectivity index (χ0n) is 16.9. The maximum atomic E-state index is 13.4. The molecule has 7 heteroatoms. The SMILES string of the molecule is Cl.O=C(c1cc(-c2ccco2)nn1-c1ccccc1)N1CCC(NCC2CC2)CC1. The lowest BCUT2D eigenvalue weighted by Crippen LogP contribution is -2.45. The predicted molar refractivity (Wildman–Crippen MR) is 118 cm³/mol. The van der Waals surface area contributed by atoms with Gasteiger partial charge in [-0.25, -0.2) is 4.68 Å². The average molecular weight is 427 g/mol. The number of benzene rings is 1. The second-order valence-corrected chi connectivity index (χ2v) is 8.06. The molecule has 0 bridgehead atoms. The fourth-order valence-corrected chi connectivity index (χ4v) is 3.95. The van der Waals surface area contributed by atoms with E-state index in [9.17, 15) is 4.79 Å². The molecule has 2 aromatic heterocycles. The third-order valence-electron chi connectivity index (χ3n) is 5.88. The average Bonchev–Trinajstić information content (AvgIpc) is 3.25. The van der Waals surface area contributed by atoms with E-state index in [0.29, 0.717) is 23.2 Å². The molecule has 0 radical (unpaired) electrons. The van der Waals surface area contributed by atoms with E-state index in [0.717, 1.165) is 44.1 Å². The van der Waals surface area contributed by atoms with Crippen LogP contribution in [-0.2, 0) is 0 Å². The second-order valence-electron chi connectivity index (χ2n) is 8.06. The number of carbonyl (C=O) groups excluding carboxylic acids is 1. The van der Waals surface area contributed by atoms with Gasteiger partial charge in [0.1, 0.15) is 11.4 Å². The van der Waals surface area contributed by atoms with E-state index in [1.54, 1.807) is 10.9 Å². The Morgan fingerprint density at radius 1 is 1.07 bits per heavy atom. The van der Waals surface area contributed by atoms with Crippen LogP contribution < -0.4 is 5.32 Å². The fourth-order valence-electron chi connectivity index (χ4n) is 3.95. The third kappa shape index (κ3) is 4.45. The minimum absolute atomic E-state index is 0. The highest BCUT2D eigenvalue weighted by Crippen LogP contribution is 2.28. The number of aromatic nitrogens is 2. The molecule has 1 saturated carbocycles. The Labute approximate surface area is 182 Å². The first-order chi connectivity index (χ1) is 14.3. The quantitative estimate of drug-likeness (QED) is 0.642. The summed E-state index contributed by atoms with van der Waals surface area (Å²) in [6.45, 7) is 2.68. The molecule has 5 rings (SSSR count). The number of rotatable bonds is 6. The lowest BCUT2D eigenvalue weighted by molar-refractivity contribution is 0.0695. The Hall–Kier alpha value is -2.57. The first-order valence-corrected chi connectivity index (χ1v) is 10.5. The van der Waals surface area contributed by atoms with Gasteiger partial charge in [0, 0.05) is 25.2 Å². The maximum absolute atomic E-state index is 13.4. The lowest BCUT2D eigenvalue weighted by Gasteiger charge is -2.32. The molecule has 3 aromatic rings. The summed E-state index contributed by atoms with van der Waals surface area (Å²) in [5.41, 5.74) is 2.12. The highest BCUT2D eigenvalue weighted by atomic mass is 35.5. The molecule has 1 aromatic carbocycles. The van der Waals surface area contributed by atoms with Gasteiger partial charge in [-0.2, -0.15) is 5.10 Å². The first-order valence-electron chi connectivity index (χ1n) is 10.5. The standard InChI is InChI=1S/C23H26N4O2.ClH/c28-23(26-12-10-18(11-13-26)24-16-17-8-9-17)21-15-20(22-7-4-14-29-22)25-27(21)19-5-2-1-3-6-19;/h1-7,14-15,17-18,24H,8-13,16H2;1H. The molecule has 2 aliphatic rings. The predicted octanol–water partition coefficient (Wildman–Crippen LogP) is 4.16. The lowest BCUT2D eigenvalue weighted by atomic mass is 10.0. The summed E-state index contributed by atoms with van der Waals surface area (Å²) < 4.78 is 7.24. The molecule has 1 amide bonds. The van der Waals surface area contributed by atoms with Crippen LogP contribution in [0.25, 0.3) is 17.1 Å². The van der Waals surface area contributed by atoms with E-state index in [2.05, 4.69) is 10.4 Å². The van der Waals surface area contributed by atoms with Crippen LogP contribution in [0.1, 0.15) is 36.2 Å². The number of likely N-dealkylation sites (tertiary alicyclic amines) is 1. The fraction of sp³-hybridized carbons (Fsp3) is 0.391. The molecule has 1 aliphatic heterocycles. The molecule has 6 nitrogen and oxygen atoms in total. The smallest absolute Gasteiger partial charge is 0.272 e. The van der Waals surface area contributed by atoms with Gasteiger partial charge in [0.05, 0.1) is 12.0 Å². The van der Waals surface area contributed by atoms with Gasteiger partial charge in [0.2, 0.25) is 0 Å². The molecule has 0 spiro atoms. The summed E-state index contributed by atoms with van der Waals surface area (Å²) in [4.78, 5) is 15.3. The highest BCUT2D eigenvalue weighted by Gasteiger charge is 2.28. The maximum Gasteiger partial charge on any atom is 0.272 e. The van der Waals surface area contributed by atoms with Crippen molar-refractivity contribution in [2.24, 2.45) is 5.92 Å². The Kier molecular flexibility index (Phi) is 6.25. The number of piperidine rings is 1. The Balaban J connectivity index is 0.00000218. The molecule has 1 N–H and O–H groups in total. The summed E-state index contributed by atoms with van der Waals surface area (Å²) in [6.07, 6.45) is 6.36. The molecule has 158 valence electrons. The van der Waals surface area contributed by atoms with Crippen molar-refractivity contribution in [2.75, 3.05) is 19.6 Å². The molecular weight excluding hydrogens is 400 g/mol. The van der Waals surface area contributed by atoms with Crippen LogP contribution in [0.15, 0.2) is 59.2 Å². The van der Waals surface area contributed by atoms with E-state index in [1.807, 2.05) is 53.4 Å². The molecule has 0 unspecified atom stereocenters.